The van der Waals surface area contributed by atoms with Crippen LogP contribution in [0, 0.1) is 0 Å². The first kappa shape index (κ1) is 13.0. The van der Waals surface area contributed by atoms with Gasteiger partial charge in [-0.2, -0.15) is 0 Å². The van der Waals surface area contributed by atoms with E-state index >= 15 is 0 Å². The summed E-state index contributed by atoms with van der Waals surface area (Å²) in [5, 5.41) is 9.25. The molecule has 0 aliphatic carbocycles. The molecule has 3 atom stereocenters. The number of hydrogen-bond acceptors (Lipinski definition) is 4. The molecule has 1 heterocycles. The molecule has 0 bridgehead atoms. The lowest BCUT2D eigenvalue weighted by Gasteiger charge is -2.32. The lowest BCUT2D eigenvalue weighted by Crippen LogP contribution is -2.42. The number of hydrogen-bond donors (Lipinski definition) is 1. The van der Waals surface area contributed by atoms with Gasteiger partial charge in [0.05, 0.1) is 5.56 Å². The van der Waals surface area contributed by atoms with Crippen LogP contribution in [-0.2, 0) is 9.47 Å². The molecule has 1 aromatic carbocycles. The summed E-state index contributed by atoms with van der Waals surface area (Å²) in [5.41, 5.74) is 0.418. The minimum absolute atomic E-state index is 0.337. The van der Waals surface area contributed by atoms with Gasteiger partial charge >= 0.3 is 5.97 Å². The molecule has 1 aromatic rings. The first-order chi connectivity index (χ1) is 8.70. The van der Waals surface area contributed by atoms with Gasteiger partial charge in [0.1, 0.15) is 18.9 Å². The number of rotatable bonds is 3. The molecular formula is C13H15FO4. The van der Waals surface area contributed by atoms with Gasteiger partial charge in [-0.1, -0.05) is 18.2 Å². The summed E-state index contributed by atoms with van der Waals surface area (Å²) in [5.74, 6) is -0.501. The Labute approximate surface area is 104 Å². The van der Waals surface area contributed by atoms with Crippen molar-refractivity contribution in [3.8, 4) is 0 Å². The molecule has 1 N–H and O–H groups in total. The molecule has 2 rings (SSSR count). The molecule has 0 spiro atoms. The Morgan fingerprint density at radius 1 is 1.39 bits per heavy atom. The molecule has 0 radical (unpaired) electrons. The molecule has 0 aromatic heterocycles. The van der Waals surface area contributed by atoms with E-state index in [1.807, 2.05) is 0 Å². The number of ether oxygens (including phenoxy) is 2. The fourth-order valence-electron chi connectivity index (χ4n) is 1.90. The highest BCUT2D eigenvalue weighted by Crippen LogP contribution is 2.22. The first-order valence-electron chi connectivity index (χ1n) is 5.86. The quantitative estimate of drug-likeness (QED) is 0.834. The summed E-state index contributed by atoms with van der Waals surface area (Å²) >= 11 is 0. The van der Waals surface area contributed by atoms with Crippen LogP contribution in [0.15, 0.2) is 30.3 Å². The van der Waals surface area contributed by atoms with Crippen molar-refractivity contribution in [2.75, 3.05) is 6.67 Å². The number of halogens is 1. The van der Waals surface area contributed by atoms with E-state index in [0.29, 0.717) is 18.4 Å². The second-order valence-corrected chi connectivity index (χ2v) is 4.17. The van der Waals surface area contributed by atoms with Crippen LogP contribution in [0.2, 0.25) is 0 Å². The third-order valence-corrected chi connectivity index (χ3v) is 2.86. The lowest BCUT2D eigenvalue weighted by atomic mass is 10.1. The highest BCUT2D eigenvalue weighted by molar-refractivity contribution is 5.89. The van der Waals surface area contributed by atoms with E-state index in [2.05, 4.69) is 0 Å². The molecular weight excluding hydrogens is 239 g/mol. The van der Waals surface area contributed by atoms with Crippen molar-refractivity contribution in [2.45, 2.75) is 31.3 Å². The molecule has 1 aliphatic heterocycles. The van der Waals surface area contributed by atoms with E-state index in [9.17, 15) is 14.3 Å². The highest BCUT2D eigenvalue weighted by atomic mass is 19.1. The molecule has 18 heavy (non-hydrogen) atoms. The van der Waals surface area contributed by atoms with Crippen LogP contribution in [0.4, 0.5) is 4.39 Å². The molecule has 0 unspecified atom stereocenters. The smallest absolute Gasteiger partial charge is 0.338 e. The zero-order chi connectivity index (χ0) is 13.0. The molecule has 1 aliphatic rings. The number of aliphatic hydroxyl groups is 1. The second kappa shape index (κ2) is 5.93. The van der Waals surface area contributed by atoms with Crippen molar-refractivity contribution in [3.05, 3.63) is 35.9 Å². The Bertz CT molecular complexity index is 395. The number of esters is 1. The summed E-state index contributed by atoms with van der Waals surface area (Å²) in [6.45, 7) is -0.788. The topological polar surface area (TPSA) is 55.8 Å². The number of alkyl halides is 1. The number of benzene rings is 1. The Kier molecular flexibility index (Phi) is 4.28. The standard InChI is InChI=1S/C13H15FO4/c14-8-11-10(6-7-12(15)17-11)18-13(16)9-4-2-1-3-5-9/h1-5,10-12,15H,6-8H2/t10-,11-,12+/m0/s1. The molecule has 4 nitrogen and oxygen atoms in total. The predicted octanol–water partition coefficient (Wildman–Crippen LogP) is 1.68. The Morgan fingerprint density at radius 3 is 2.78 bits per heavy atom. The van der Waals surface area contributed by atoms with Gasteiger partial charge in [-0.15, -0.1) is 0 Å². The van der Waals surface area contributed by atoms with Gasteiger partial charge < -0.3 is 14.6 Å². The lowest BCUT2D eigenvalue weighted by molar-refractivity contribution is -0.202. The van der Waals surface area contributed by atoms with Crippen LogP contribution in [0.3, 0.4) is 0 Å². The maximum Gasteiger partial charge on any atom is 0.338 e. The van der Waals surface area contributed by atoms with Crippen molar-refractivity contribution < 1.29 is 23.8 Å². The van der Waals surface area contributed by atoms with Crippen LogP contribution in [0.1, 0.15) is 23.2 Å². The van der Waals surface area contributed by atoms with Crippen LogP contribution < -0.4 is 0 Å². The van der Waals surface area contributed by atoms with Crippen LogP contribution >= 0.6 is 0 Å². The molecule has 1 fully saturated rings. The average molecular weight is 254 g/mol. The molecule has 0 saturated carbocycles. The van der Waals surface area contributed by atoms with Crippen LogP contribution in [-0.4, -0.2) is 36.2 Å². The molecule has 0 amide bonds. The van der Waals surface area contributed by atoms with E-state index in [4.69, 9.17) is 9.47 Å². The van der Waals surface area contributed by atoms with Crippen molar-refractivity contribution in [1.29, 1.82) is 0 Å². The summed E-state index contributed by atoms with van der Waals surface area (Å²) in [6, 6.07) is 8.51. The number of aliphatic hydroxyl groups excluding tert-OH is 1. The van der Waals surface area contributed by atoms with Crippen LogP contribution in [0.25, 0.3) is 0 Å². The Morgan fingerprint density at radius 2 is 2.11 bits per heavy atom. The summed E-state index contributed by atoms with van der Waals surface area (Å²) < 4.78 is 22.9. The minimum Gasteiger partial charge on any atom is -0.456 e. The third-order valence-electron chi connectivity index (χ3n) is 2.86. The normalized spacial score (nSPS) is 27.8. The SMILES string of the molecule is O=C(O[C@H]1CC[C@H](O)O[C@H]1CF)c1ccccc1. The van der Waals surface area contributed by atoms with Crippen molar-refractivity contribution in [2.24, 2.45) is 0 Å². The van der Waals surface area contributed by atoms with Gasteiger partial charge in [0.15, 0.2) is 6.29 Å². The third kappa shape index (κ3) is 3.05. The Hall–Kier alpha value is -1.46. The van der Waals surface area contributed by atoms with E-state index in [-0.39, 0.29) is 0 Å². The Balaban J connectivity index is 1.98. The van der Waals surface area contributed by atoms with Crippen molar-refractivity contribution >= 4 is 5.97 Å². The maximum atomic E-state index is 12.7. The molecule has 1 saturated heterocycles. The van der Waals surface area contributed by atoms with E-state index in [0.717, 1.165) is 0 Å². The predicted molar refractivity (Wildman–Crippen MR) is 61.7 cm³/mol. The summed E-state index contributed by atoms with van der Waals surface area (Å²) in [6.07, 6.45) is -1.78. The monoisotopic (exact) mass is 254 g/mol. The fraction of sp³-hybridized carbons (Fsp3) is 0.462. The van der Waals surface area contributed by atoms with Gasteiger partial charge in [-0.3, -0.25) is 0 Å². The van der Waals surface area contributed by atoms with Crippen molar-refractivity contribution in [1.82, 2.24) is 0 Å². The average Bonchev–Trinajstić information content (AvgIpc) is 2.41. The van der Waals surface area contributed by atoms with E-state index in [1.165, 1.54) is 0 Å². The van der Waals surface area contributed by atoms with Gasteiger partial charge in [0, 0.05) is 6.42 Å². The van der Waals surface area contributed by atoms with Gasteiger partial charge in [-0.25, -0.2) is 9.18 Å². The van der Waals surface area contributed by atoms with Crippen LogP contribution in [0.5, 0.6) is 0 Å². The summed E-state index contributed by atoms with van der Waals surface area (Å²) in [7, 11) is 0. The van der Waals surface area contributed by atoms with Gasteiger partial charge in [0.2, 0.25) is 0 Å². The van der Waals surface area contributed by atoms with E-state index in [1.54, 1.807) is 30.3 Å². The number of carbonyl (C=O) groups excluding carboxylic acids is 1. The highest BCUT2D eigenvalue weighted by Gasteiger charge is 2.33. The van der Waals surface area contributed by atoms with E-state index < -0.39 is 31.1 Å². The number of carbonyl (C=O) groups is 1. The molecule has 5 heteroatoms. The minimum atomic E-state index is -0.975. The largest absolute Gasteiger partial charge is 0.456 e. The second-order valence-electron chi connectivity index (χ2n) is 4.17. The first-order valence-corrected chi connectivity index (χ1v) is 5.86. The maximum absolute atomic E-state index is 12.7. The van der Waals surface area contributed by atoms with Crippen molar-refractivity contribution in [3.63, 3.8) is 0 Å². The molecule has 98 valence electrons. The zero-order valence-electron chi connectivity index (χ0n) is 9.79. The zero-order valence-corrected chi connectivity index (χ0v) is 9.79. The van der Waals surface area contributed by atoms with Gasteiger partial charge in [0.25, 0.3) is 0 Å². The summed E-state index contributed by atoms with van der Waals surface area (Å²) in [4.78, 5) is 11.8. The van der Waals surface area contributed by atoms with Gasteiger partial charge in [-0.05, 0) is 18.6 Å². The fourth-order valence-corrected chi connectivity index (χ4v) is 1.90.